The third-order valence-corrected chi connectivity index (χ3v) is 10.9. The van der Waals surface area contributed by atoms with Crippen molar-refractivity contribution in [1.29, 1.82) is 0 Å². The van der Waals surface area contributed by atoms with Gasteiger partial charge in [0.05, 0.1) is 6.04 Å². The van der Waals surface area contributed by atoms with Crippen LogP contribution in [-0.4, -0.2) is 70.6 Å². The summed E-state index contributed by atoms with van der Waals surface area (Å²) in [7, 11) is 0. The van der Waals surface area contributed by atoms with Gasteiger partial charge in [-0.15, -0.1) is 26.3 Å². The van der Waals surface area contributed by atoms with Gasteiger partial charge in [0, 0.05) is 79.5 Å². The number of halogens is 6. The Bertz CT molecular complexity index is 1900. The van der Waals surface area contributed by atoms with Gasteiger partial charge in [-0.05, 0) is 92.6 Å². The van der Waals surface area contributed by atoms with E-state index < -0.39 is 12.7 Å². The molecule has 13 heteroatoms. The number of ether oxygens (including phenoxy) is 2. The lowest BCUT2D eigenvalue weighted by Gasteiger charge is -2.34. The molecule has 7 nitrogen and oxygen atoms in total. The van der Waals surface area contributed by atoms with E-state index in [0.717, 1.165) is 91.3 Å². The first-order valence-electron chi connectivity index (χ1n) is 18.4. The zero-order chi connectivity index (χ0) is 37.3. The lowest BCUT2D eigenvalue weighted by Crippen LogP contribution is -2.45. The molecule has 3 atom stereocenters. The Morgan fingerprint density at radius 3 is 2.28 bits per heavy atom. The maximum atomic E-state index is 13.1. The number of aromatic nitrogens is 1. The van der Waals surface area contributed by atoms with E-state index >= 15 is 0 Å². The summed E-state index contributed by atoms with van der Waals surface area (Å²) in [5.41, 5.74) is 5.07. The normalized spacial score (nSPS) is 21.1. The third-order valence-electron chi connectivity index (χ3n) is 10.9. The van der Waals surface area contributed by atoms with E-state index in [2.05, 4.69) is 47.4 Å². The van der Waals surface area contributed by atoms with Crippen LogP contribution < -0.4 is 14.8 Å². The fraction of sp³-hybridized carbons (Fsp3) is 0.475. The number of likely N-dealkylation sites (tertiary alicyclic amines) is 2. The minimum Gasteiger partial charge on any atom is -0.406 e. The summed E-state index contributed by atoms with van der Waals surface area (Å²) in [6, 6.07) is 17.4. The van der Waals surface area contributed by atoms with Crippen LogP contribution in [0.1, 0.15) is 61.6 Å². The molecule has 53 heavy (non-hydrogen) atoms. The highest BCUT2D eigenvalue weighted by Gasteiger charge is 2.43. The van der Waals surface area contributed by atoms with Crippen molar-refractivity contribution < 1.29 is 40.6 Å². The molecule has 284 valence electrons. The second kappa shape index (κ2) is 15.3. The van der Waals surface area contributed by atoms with Gasteiger partial charge < -0.3 is 19.4 Å². The number of ketones is 1. The molecule has 3 saturated heterocycles. The molecule has 7 rings (SSSR count). The van der Waals surface area contributed by atoms with E-state index in [4.69, 9.17) is 0 Å². The van der Waals surface area contributed by atoms with Crippen LogP contribution in [0.3, 0.4) is 0 Å². The molecule has 3 aliphatic rings. The van der Waals surface area contributed by atoms with Crippen LogP contribution in [0.15, 0.2) is 66.9 Å². The van der Waals surface area contributed by atoms with Crippen molar-refractivity contribution in [3.63, 3.8) is 0 Å². The Morgan fingerprint density at radius 2 is 1.60 bits per heavy atom. The molecule has 3 fully saturated rings. The number of benzene rings is 3. The molecule has 0 radical (unpaired) electrons. The number of carbonyl (C=O) groups is 1. The van der Waals surface area contributed by atoms with Crippen molar-refractivity contribution >= 4 is 16.7 Å². The van der Waals surface area contributed by atoms with E-state index in [1.165, 1.54) is 18.2 Å². The van der Waals surface area contributed by atoms with Crippen molar-refractivity contribution in [2.24, 2.45) is 0 Å². The fourth-order valence-electron chi connectivity index (χ4n) is 8.33. The van der Waals surface area contributed by atoms with Gasteiger partial charge in [0.2, 0.25) is 0 Å². The van der Waals surface area contributed by atoms with Gasteiger partial charge >= 0.3 is 12.7 Å². The number of nitrogens with one attached hydrogen (secondary N) is 1. The standard InChI is InChI=1S/C40H44F6N4O3/c1-26-7-6-10-38(53-40(44,45)46)33(26)24-50-23-29-20-30(50)22-49(29)21-27-11-16-36-32(19-27)34(28-12-14-31(15-13-28)52-39(41,42)43)25-48(36)18-5-3-9-37(51)35-8-2-4-17-47-35/h6-7,10-16,19,25,29-30,35,47H,2-5,8-9,17-18,20-24H2,1H3. The summed E-state index contributed by atoms with van der Waals surface area (Å²) in [4.78, 5) is 17.4. The molecular weight excluding hydrogens is 698 g/mol. The molecule has 4 heterocycles. The van der Waals surface area contributed by atoms with Crippen molar-refractivity contribution in [3.8, 4) is 22.6 Å². The van der Waals surface area contributed by atoms with E-state index in [-0.39, 0.29) is 35.4 Å². The first-order valence-corrected chi connectivity index (χ1v) is 18.4. The van der Waals surface area contributed by atoms with Gasteiger partial charge in [-0.3, -0.25) is 14.6 Å². The molecular formula is C40H44F6N4O3. The van der Waals surface area contributed by atoms with Crippen LogP contribution in [0.2, 0.25) is 0 Å². The summed E-state index contributed by atoms with van der Waals surface area (Å²) in [6.45, 7) is 5.98. The number of piperidine rings is 1. The first-order chi connectivity index (χ1) is 25.3. The van der Waals surface area contributed by atoms with Crippen LogP contribution in [-0.2, 0) is 24.4 Å². The zero-order valence-electron chi connectivity index (χ0n) is 29.6. The first kappa shape index (κ1) is 37.3. The Labute approximate surface area is 304 Å². The van der Waals surface area contributed by atoms with Crippen LogP contribution in [0, 0.1) is 6.92 Å². The largest absolute Gasteiger partial charge is 0.573 e. The quantitative estimate of drug-likeness (QED) is 0.109. The van der Waals surface area contributed by atoms with Gasteiger partial charge in [-0.1, -0.05) is 36.8 Å². The molecule has 0 spiro atoms. The molecule has 4 aromatic rings. The number of nitrogens with zero attached hydrogens (tertiary/aromatic N) is 3. The maximum Gasteiger partial charge on any atom is 0.573 e. The molecule has 1 N–H and O–H groups in total. The Balaban J connectivity index is 1.05. The number of hydrogen-bond donors (Lipinski definition) is 1. The SMILES string of the molecule is Cc1cccc(OC(F)(F)F)c1CN1CC2CC1CN2Cc1ccc2c(c1)c(-c1ccc(OC(F)(F)F)cc1)cn2CCCCC(=O)C1CCCCN1. The molecule has 3 aliphatic heterocycles. The van der Waals surface area contributed by atoms with Crippen LogP contribution >= 0.6 is 0 Å². The predicted molar refractivity (Wildman–Crippen MR) is 189 cm³/mol. The summed E-state index contributed by atoms with van der Waals surface area (Å²) in [6.07, 6.45) is -1.41. The second-order valence-electron chi connectivity index (χ2n) is 14.6. The van der Waals surface area contributed by atoms with Crippen LogP contribution in [0.4, 0.5) is 26.3 Å². The molecule has 0 aliphatic carbocycles. The third kappa shape index (κ3) is 9.01. The minimum atomic E-state index is -4.78. The second-order valence-corrected chi connectivity index (χ2v) is 14.6. The molecule has 0 amide bonds. The van der Waals surface area contributed by atoms with Crippen molar-refractivity contribution in [1.82, 2.24) is 19.7 Å². The molecule has 1 aromatic heterocycles. The highest BCUT2D eigenvalue weighted by molar-refractivity contribution is 5.96. The highest BCUT2D eigenvalue weighted by Crippen LogP contribution is 2.38. The van der Waals surface area contributed by atoms with Gasteiger partial charge in [-0.2, -0.15) is 0 Å². The smallest absolute Gasteiger partial charge is 0.406 e. The zero-order valence-corrected chi connectivity index (χ0v) is 29.6. The number of Topliss-reactive ketones (excluding diaryl/α,β-unsaturated/α-hetero) is 1. The summed E-state index contributed by atoms with van der Waals surface area (Å²) in [5.74, 6) is -0.170. The van der Waals surface area contributed by atoms with Crippen molar-refractivity contribution in [3.05, 3.63) is 83.6 Å². The van der Waals surface area contributed by atoms with E-state index in [9.17, 15) is 31.1 Å². The van der Waals surface area contributed by atoms with Gasteiger partial charge in [0.25, 0.3) is 0 Å². The van der Waals surface area contributed by atoms with Crippen LogP contribution in [0.25, 0.3) is 22.0 Å². The van der Waals surface area contributed by atoms with Gasteiger partial charge in [-0.25, -0.2) is 0 Å². The van der Waals surface area contributed by atoms with Gasteiger partial charge in [0.15, 0.2) is 0 Å². The highest BCUT2D eigenvalue weighted by atomic mass is 19.4. The van der Waals surface area contributed by atoms with E-state index in [0.29, 0.717) is 31.6 Å². The molecule has 3 unspecified atom stereocenters. The maximum absolute atomic E-state index is 13.1. The van der Waals surface area contributed by atoms with Crippen molar-refractivity contribution in [2.45, 2.75) is 102 Å². The number of alkyl halides is 6. The topological polar surface area (TPSA) is 59.0 Å². The predicted octanol–water partition coefficient (Wildman–Crippen LogP) is 8.75. The number of rotatable bonds is 13. The summed E-state index contributed by atoms with van der Waals surface area (Å²) in [5, 5.41) is 4.31. The lowest BCUT2D eigenvalue weighted by atomic mass is 9.98. The fourth-order valence-corrected chi connectivity index (χ4v) is 8.33. The number of fused-ring (bicyclic) bond motifs is 3. The lowest BCUT2D eigenvalue weighted by molar-refractivity contribution is -0.275. The Hall–Kier alpha value is -4.07. The van der Waals surface area contributed by atoms with Crippen LogP contribution in [0.5, 0.6) is 11.5 Å². The summed E-state index contributed by atoms with van der Waals surface area (Å²) < 4.78 is 88.6. The average Bonchev–Trinajstić information content (AvgIpc) is 3.80. The monoisotopic (exact) mass is 742 g/mol. The number of carbonyl (C=O) groups excluding carboxylic acids is 1. The summed E-state index contributed by atoms with van der Waals surface area (Å²) >= 11 is 0. The van der Waals surface area contributed by atoms with E-state index in [1.54, 1.807) is 31.2 Å². The Kier molecular flexibility index (Phi) is 10.8. The number of piperazine rings is 1. The Morgan fingerprint density at radius 1 is 0.868 bits per heavy atom. The molecule has 0 saturated carbocycles. The number of aryl methyl sites for hydroxylation is 2. The minimum absolute atomic E-state index is 0.0434. The van der Waals surface area contributed by atoms with Gasteiger partial charge in [0.1, 0.15) is 17.3 Å². The van der Waals surface area contributed by atoms with E-state index in [1.807, 2.05) is 6.20 Å². The molecule has 3 aromatic carbocycles. The van der Waals surface area contributed by atoms with Crippen molar-refractivity contribution in [2.75, 3.05) is 19.6 Å². The average molecular weight is 743 g/mol. The molecule has 2 bridgehead atoms. The number of hydrogen-bond acceptors (Lipinski definition) is 6. The number of unbranched alkanes of at least 4 members (excludes halogenated alkanes) is 1.